The van der Waals surface area contributed by atoms with E-state index in [4.69, 9.17) is 10.5 Å². The second-order valence-corrected chi connectivity index (χ2v) is 4.94. The number of nitrogens with one attached hydrogen (secondary N) is 1. The van der Waals surface area contributed by atoms with Crippen molar-refractivity contribution in [2.24, 2.45) is 0 Å². The third kappa shape index (κ3) is 4.05. The van der Waals surface area contributed by atoms with Crippen LogP contribution in [0, 0.1) is 34.0 Å². The fraction of sp³-hybridized carbons (Fsp3) is 0.600. The van der Waals surface area contributed by atoms with Crippen LogP contribution in [0.4, 0.5) is 0 Å². The first kappa shape index (κ1) is 16.7. The third-order valence-corrected chi connectivity index (χ3v) is 3.58. The molecule has 0 radical (unpaired) electrons. The molecular weight excluding hydrogens is 264 g/mol. The van der Waals surface area contributed by atoms with Crippen molar-refractivity contribution < 1.29 is 0 Å². The maximum atomic E-state index is 9.42. The lowest BCUT2D eigenvalue weighted by Crippen LogP contribution is -2.43. The molecule has 0 fully saturated rings. The van der Waals surface area contributed by atoms with E-state index in [2.05, 4.69) is 23.3 Å². The van der Waals surface area contributed by atoms with E-state index in [-0.39, 0.29) is 11.4 Å². The number of imidazole rings is 1. The molecular formula is C15H20N6. The lowest BCUT2D eigenvalue weighted by atomic mass is 9.92. The normalized spacial score (nSPS) is 12.9. The van der Waals surface area contributed by atoms with Crippen LogP contribution in [-0.2, 0) is 6.54 Å². The maximum absolute atomic E-state index is 9.42. The Morgan fingerprint density at radius 3 is 2.57 bits per heavy atom. The van der Waals surface area contributed by atoms with Crippen LogP contribution in [-0.4, -0.2) is 21.6 Å². The first-order valence-electron chi connectivity index (χ1n) is 7.18. The maximum Gasteiger partial charge on any atom is 0.176 e. The molecule has 1 aromatic heterocycles. The third-order valence-electron chi connectivity index (χ3n) is 3.58. The van der Waals surface area contributed by atoms with Gasteiger partial charge in [0.1, 0.15) is 17.7 Å². The summed E-state index contributed by atoms with van der Waals surface area (Å²) in [7, 11) is 0. The van der Waals surface area contributed by atoms with Gasteiger partial charge in [-0.1, -0.05) is 13.8 Å². The number of rotatable bonds is 8. The predicted octanol–water partition coefficient (Wildman–Crippen LogP) is 2.08. The van der Waals surface area contributed by atoms with Crippen LogP contribution < -0.4 is 5.32 Å². The molecule has 0 spiro atoms. The van der Waals surface area contributed by atoms with Crippen LogP contribution in [0.3, 0.4) is 0 Å². The summed E-state index contributed by atoms with van der Waals surface area (Å²) in [4.78, 5) is 3.91. The van der Waals surface area contributed by atoms with Gasteiger partial charge in [-0.05, 0) is 32.2 Å². The van der Waals surface area contributed by atoms with Crippen LogP contribution in [0.15, 0.2) is 6.33 Å². The zero-order valence-electron chi connectivity index (χ0n) is 12.6. The molecule has 1 aromatic rings. The van der Waals surface area contributed by atoms with Crippen molar-refractivity contribution in [1.29, 1.82) is 15.8 Å². The van der Waals surface area contributed by atoms with Gasteiger partial charge in [0.25, 0.3) is 0 Å². The molecule has 0 saturated carbocycles. The minimum absolute atomic E-state index is 0.156. The largest absolute Gasteiger partial charge is 0.321 e. The van der Waals surface area contributed by atoms with E-state index in [1.165, 1.54) is 6.33 Å². The quantitative estimate of drug-likeness (QED) is 0.787. The van der Waals surface area contributed by atoms with Gasteiger partial charge < -0.3 is 4.57 Å². The highest BCUT2D eigenvalue weighted by atomic mass is 15.1. The van der Waals surface area contributed by atoms with Gasteiger partial charge in [0.05, 0.1) is 12.4 Å². The second-order valence-electron chi connectivity index (χ2n) is 4.94. The van der Waals surface area contributed by atoms with Gasteiger partial charge in [-0.2, -0.15) is 15.8 Å². The van der Waals surface area contributed by atoms with Crippen molar-refractivity contribution in [3.05, 3.63) is 17.7 Å². The Morgan fingerprint density at radius 2 is 2.05 bits per heavy atom. The molecule has 21 heavy (non-hydrogen) atoms. The lowest BCUT2D eigenvalue weighted by molar-refractivity contribution is 0.355. The van der Waals surface area contributed by atoms with E-state index in [0.717, 1.165) is 25.8 Å². The lowest BCUT2D eigenvalue weighted by Gasteiger charge is -2.26. The molecule has 1 rings (SSSR count). The minimum Gasteiger partial charge on any atom is -0.321 e. The van der Waals surface area contributed by atoms with Gasteiger partial charge in [0.2, 0.25) is 0 Å². The first-order chi connectivity index (χ1) is 10.2. The standard InChI is InChI=1S/C15H20N6/c1-3-7-20-15(4-2,11-18)6-5-8-21-12-19-13(9-16)14(21)10-17/h12,20H,3-8H2,1-2H3. The summed E-state index contributed by atoms with van der Waals surface area (Å²) < 4.78 is 1.68. The number of nitrogens with zero attached hydrogens (tertiary/aromatic N) is 5. The molecule has 0 aliphatic rings. The van der Waals surface area contributed by atoms with E-state index in [9.17, 15) is 5.26 Å². The van der Waals surface area contributed by atoms with Gasteiger partial charge in [0.15, 0.2) is 11.4 Å². The monoisotopic (exact) mass is 284 g/mol. The Hall–Kier alpha value is -2.36. The van der Waals surface area contributed by atoms with Crippen molar-refractivity contribution >= 4 is 0 Å². The van der Waals surface area contributed by atoms with Crippen molar-refractivity contribution in [1.82, 2.24) is 14.9 Å². The zero-order chi connectivity index (χ0) is 15.7. The van der Waals surface area contributed by atoms with Crippen LogP contribution in [0.5, 0.6) is 0 Å². The molecule has 1 N–H and O–H groups in total. The van der Waals surface area contributed by atoms with Gasteiger partial charge in [0, 0.05) is 6.54 Å². The van der Waals surface area contributed by atoms with E-state index < -0.39 is 5.54 Å². The summed E-state index contributed by atoms with van der Waals surface area (Å²) in [5.41, 5.74) is -0.0664. The SMILES string of the molecule is CCCNC(C#N)(CC)CCCn1cnc(C#N)c1C#N. The van der Waals surface area contributed by atoms with Gasteiger partial charge in [-0.15, -0.1) is 0 Å². The predicted molar refractivity (Wildman–Crippen MR) is 77.8 cm³/mol. The summed E-state index contributed by atoms with van der Waals surface area (Å²) in [6.07, 6.45) is 4.67. The summed E-state index contributed by atoms with van der Waals surface area (Å²) in [5, 5.41) is 30.6. The Kier molecular flexibility index (Phi) is 6.40. The Morgan fingerprint density at radius 1 is 1.29 bits per heavy atom. The van der Waals surface area contributed by atoms with E-state index in [1.54, 1.807) is 4.57 Å². The van der Waals surface area contributed by atoms with Gasteiger partial charge in [-0.25, -0.2) is 4.98 Å². The zero-order valence-corrected chi connectivity index (χ0v) is 12.6. The molecule has 6 heteroatoms. The minimum atomic E-state index is -0.512. The number of hydrogen-bond acceptors (Lipinski definition) is 5. The van der Waals surface area contributed by atoms with E-state index >= 15 is 0 Å². The number of aryl methyl sites for hydroxylation is 1. The summed E-state index contributed by atoms with van der Waals surface area (Å²) in [6.45, 7) is 5.46. The molecule has 0 bridgehead atoms. The van der Waals surface area contributed by atoms with Crippen molar-refractivity contribution in [2.75, 3.05) is 6.54 Å². The fourth-order valence-electron chi connectivity index (χ4n) is 2.23. The first-order valence-corrected chi connectivity index (χ1v) is 7.18. The van der Waals surface area contributed by atoms with Crippen LogP contribution in [0.1, 0.15) is 50.9 Å². The topological polar surface area (TPSA) is 101 Å². The van der Waals surface area contributed by atoms with Crippen molar-refractivity contribution in [3.63, 3.8) is 0 Å². The van der Waals surface area contributed by atoms with E-state index in [0.29, 0.717) is 13.0 Å². The van der Waals surface area contributed by atoms with Crippen LogP contribution >= 0.6 is 0 Å². The summed E-state index contributed by atoms with van der Waals surface area (Å²) in [6, 6.07) is 6.28. The van der Waals surface area contributed by atoms with Crippen LogP contribution in [0.25, 0.3) is 0 Å². The molecule has 6 nitrogen and oxygen atoms in total. The van der Waals surface area contributed by atoms with Crippen molar-refractivity contribution in [2.45, 2.75) is 51.6 Å². The number of aromatic nitrogens is 2. The molecule has 0 amide bonds. The highest BCUT2D eigenvalue weighted by molar-refractivity contribution is 5.35. The Labute approximate surface area is 125 Å². The number of nitriles is 3. The molecule has 0 saturated heterocycles. The Balaban J connectivity index is 2.68. The summed E-state index contributed by atoms with van der Waals surface area (Å²) in [5.74, 6) is 0. The molecule has 0 aromatic carbocycles. The average molecular weight is 284 g/mol. The average Bonchev–Trinajstić information content (AvgIpc) is 2.93. The second kappa shape index (κ2) is 8.04. The highest BCUT2D eigenvalue weighted by Gasteiger charge is 2.26. The molecule has 1 unspecified atom stereocenters. The number of hydrogen-bond donors (Lipinski definition) is 1. The fourth-order valence-corrected chi connectivity index (χ4v) is 2.23. The van der Waals surface area contributed by atoms with Gasteiger partial charge in [-0.3, -0.25) is 5.32 Å². The smallest absolute Gasteiger partial charge is 0.176 e. The van der Waals surface area contributed by atoms with E-state index in [1.807, 2.05) is 19.1 Å². The molecule has 110 valence electrons. The highest BCUT2D eigenvalue weighted by Crippen LogP contribution is 2.18. The molecule has 0 aliphatic heterocycles. The molecule has 0 aliphatic carbocycles. The van der Waals surface area contributed by atoms with Crippen LogP contribution in [0.2, 0.25) is 0 Å². The summed E-state index contributed by atoms with van der Waals surface area (Å²) >= 11 is 0. The molecule has 1 atom stereocenters. The molecule has 1 heterocycles. The van der Waals surface area contributed by atoms with Gasteiger partial charge >= 0.3 is 0 Å². The van der Waals surface area contributed by atoms with Crippen molar-refractivity contribution in [3.8, 4) is 18.2 Å². The Bertz CT molecular complexity index is 583.